The summed E-state index contributed by atoms with van der Waals surface area (Å²) in [5, 5.41) is 6.91. The third-order valence-electron chi connectivity index (χ3n) is 12.1. The van der Waals surface area contributed by atoms with E-state index in [-0.39, 0.29) is 0 Å². The van der Waals surface area contributed by atoms with Gasteiger partial charge in [-0.3, -0.25) is 0 Å². The van der Waals surface area contributed by atoms with Crippen molar-refractivity contribution in [2.45, 2.75) is 0 Å². The van der Waals surface area contributed by atoms with Crippen LogP contribution in [0.4, 0.5) is 17.1 Å². The molecule has 0 radical (unpaired) electrons. The van der Waals surface area contributed by atoms with Gasteiger partial charge in [-0.1, -0.05) is 176 Å². The Balaban J connectivity index is 0.995. The SMILES string of the molecule is c1ccc(-c2ccc3c(oc4ccccc43)c2N(c2ccc(-c3ccc(-c4ccc5ccccc5c4)cc3)cc2)c2ccc(-c3cccc4c3oc3ccccc34)cc2)cc1. The molecule has 0 N–H and O–H groups in total. The smallest absolute Gasteiger partial charge is 0.160 e. The summed E-state index contributed by atoms with van der Waals surface area (Å²) in [5.41, 5.74) is 15.6. The van der Waals surface area contributed by atoms with Gasteiger partial charge in [0, 0.05) is 44.0 Å². The maximum Gasteiger partial charge on any atom is 0.160 e. The summed E-state index contributed by atoms with van der Waals surface area (Å²) in [4.78, 5) is 2.35. The molecule has 0 bridgehead atoms. The van der Waals surface area contributed by atoms with Crippen molar-refractivity contribution < 1.29 is 8.83 Å². The molecule has 2 heterocycles. The van der Waals surface area contributed by atoms with Crippen molar-refractivity contribution >= 4 is 71.7 Å². The van der Waals surface area contributed by atoms with Gasteiger partial charge in [0.2, 0.25) is 0 Å². The fraction of sp³-hybridized carbons (Fsp3) is 0. The molecule has 286 valence electrons. The summed E-state index contributed by atoms with van der Waals surface area (Å²) < 4.78 is 13.3. The van der Waals surface area contributed by atoms with E-state index in [4.69, 9.17) is 8.83 Å². The second-order valence-corrected chi connectivity index (χ2v) is 15.7. The van der Waals surface area contributed by atoms with Gasteiger partial charge in [0.25, 0.3) is 0 Å². The first-order valence-corrected chi connectivity index (χ1v) is 20.7. The highest BCUT2D eigenvalue weighted by atomic mass is 16.3. The number of fused-ring (bicyclic) bond motifs is 7. The predicted molar refractivity (Wildman–Crippen MR) is 255 cm³/mol. The molecule has 0 aliphatic heterocycles. The normalized spacial score (nSPS) is 11.6. The third-order valence-corrected chi connectivity index (χ3v) is 12.1. The van der Waals surface area contributed by atoms with Gasteiger partial charge in [0.1, 0.15) is 16.7 Å². The molecule has 3 heteroatoms. The zero-order chi connectivity index (χ0) is 40.3. The highest BCUT2D eigenvalue weighted by Crippen LogP contribution is 2.48. The Morgan fingerprint density at radius 1 is 0.279 bits per heavy atom. The molecule has 0 aliphatic carbocycles. The standard InChI is InChI=1S/C58H37NO2/c1-2-12-42(13-3-1)48-35-36-53-51-16-7-9-20-55(51)61-58(53)56(48)59(47-33-29-43(30-34-47)49-17-10-18-52-50-15-6-8-19-54(50)60-57(49)52)46-31-27-40(28-32-46)39-21-23-41(24-22-39)45-26-25-38-11-4-5-14-44(38)37-45/h1-37H. The van der Waals surface area contributed by atoms with Crippen LogP contribution >= 0.6 is 0 Å². The van der Waals surface area contributed by atoms with Crippen LogP contribution in [0.2, 0.25) is 0 Å². The van der Waals surface area contributed by atoms with Gasteiger partial charge in [-0.15, -0.1) is 0 Å². The van der Waals surface area contributed by atoms with E-state index in [1.165, 1.54) is 21.9 Å². The van der Waals surface area contributed by atoms with E-state index >= 15 is 0 Å². The molecule has 3 nitrogen and oxygen atoms in total. The molecular formula is C58H37NO2. The lowest BCUT2D eigenvalue weighted by Crippen LogP contribution is -2.11. The fourth-order valence-corrected chi connectivity index (χ4v) is 9.05. The highest BCUT2D eigenvalue weighted by molar-refractivity contribution is 6.14. The molecule has 61 heavy (non-hydrogen) atoms. The number of hydrogen-bond donors (Lipinski definition) is 0. The van der Waals surface area contributed by atoms with Crippen LogP contribution < -0.4 is 4.90 Å². The number of rotatable bonds is 7. The molecule has 0 saturated carbocycles. The molecule has 0 amide bonds. The molecule has 0 fully saturated rings. The maximum atomic E-state index is 6.85. The highest BCUT2D eigenvalue weighted by Gasteiger charge is 2.24. The average Bonchev–Trinajstić information content (AvgIpc) is 3.91. The largest absolute Gasteiger partial charge is 0.455 e. The van der Waals surface area contributed by atoms with E-state index in [0.717, 1.165) is 94.3 Å². The molecule has 12 rings (SSSR count). The van der Waals surface area contributed by atoms with Crippen molar-refractivity contribution in [3.05, 3.63) is 224 Å². The summed E-state index contributed by atoms with van der Waals surface area (Å²) in [6.45, 7) is 0. The monoisotopic (exact) mass is 779 g/mol. The van der Waals surface area contributed by atoms with Crippen molar-refractivity contribution in [2.75, 3.05) is 4.90 Å². The summed E-state index contributed by atoms with van der Waals surface area (Å²) >= 11 is 0. The van der Waals surface area contributed by atoms with Crippen molar-refractivity contribution in [3.8, 4) is 44.5 Å². The molecule has 12 aromatic rings. The van der Waals surface area contributed by atoms with Gasteiger partial charge in [-0.05, 0) is 92.7 Å². The van der Waals surface area contributed by atoms with Gasteiger partial charge in [0.15, 0.2) is 5.58 Å². The van der Waals surface area contributed by atoms with Crippen LogP contribution in [0.25, 0.3) is 99.2 Å². The first-order chi connectivity index (χ1) is 30.2. The minimum atomic E-state index is 0.840. The van der Waals surface area contributed by atoms with Gasteiger partial charge in [-0.25, -0.2) is 0 Å². The molecule has 0 spiro atoms. The Kier molecular flexibility index (Phi) is 8.17. The minimum Gasteiger partial charge on any atom is -0.455 e. The van der Waals surface area contributed by atoms with Crippen LogP contribution in [0.1, 0.15) is 0 Å². The zero-order valence-electron chi connectivity index (χ0n) is 33.1. The van der Waals surface area contributed by atoms with E-state index in [1.54, 1.807) is 0 Å². The Bertz CT molecular complexity index is 3560. The van der Waals surface area contributed by atoms with Crippen LogP contribution in [0.3, 0.4) is 0 Å². The molecule has 0 atom stereocenters. The van der Waals surface area contributed by atoms with E-state index < -0.39 is 0 Å². The van der Waals surface area contributed by atoms with Crippen molar-refractivity contribution in [1.82, 2.24) is 0 Å². The van der Waals surface area contributed by atoms with Crippen LogP contribution in [-0.4, -0.2) is 0 Å². The average molecular weight is 780 g/mol. The summed E-state index contributed by atoms with van der Waals surface area (Å²) in [7, 11) is 0. The van der Waals surface area contributed by atoms with Gasteiger partial charge in [0.05, 0.1) is 5.69 Å². The van der Waals surface area contributed by atoms with E-state index in [1.807, 2.05) is 18.2 Å². The van der Waals surface area contributed by atoms with E-state index in [2.05, 4.69) is 211 Å². The quantitative estimate of drug-likeness (QED) is 0.161. The second-order valence-electron chi connectivity index (χ2n) is 15.7. The van der Waals surface area contributed by atoms with Crippen molar-refractivity contribution in [2.24, 2.45) is 0 Å². The summed E-state index contributed by atoms with van der Waals surface area (Å²) in [6, 6.07) is 79.9. The first kappa shape index (κ1) is 34.9. The molecule has 0 saturated heterocycles. The van der Waals surface area contributed by atoms with Gasteiger partial charge < -0.3 is 13.7 Å². The maximum absolute atomic E-state index is 6.85. The van der Waals surface area contributed by atoms with Gasteiger partial charge in [-0.2, -0.15) is 0 Å². The van der Waals surface area contributed by atoms with Crippen LogP contribution in [-0.2, 0) is 0 Å². The summed E-state index contributed by atoms with van der Waals surface area (Å²) in [6.07, 6.45) is 0. The third kappa shape index (κ3) is 5.98. The molecular weight excluding hydrogens is 743 g/mol. The van der Waals surface area contributed by atoms with Crippen LogP contribution in [0.15, 0.2) is 233 Å². The Morgan fingerprint density at radius 2 is 0.770 bits per heavy atom. The number of anilines is 3. The number of para-hydroxylation sites is 3. The molecule has 0 unspecified atom stereocenters. The Hall–Kier alpha value is -8.14. The van der Waals surface area contributed by atoms with Crippen LogP contribution in [0, 0.1) is 0 Å². The second kappa shape index (κ2) is 14.3. The van der Waals surface area contributed by atoms with Gasteiger partial charge >= 0.3 is 0 Å². The van der Waals surface area contributed by atoms with Crippen LogP contribution in [0.5, 0.6) is 0 Å². The number of benzene rings is 10. The first-order valence-electron chi connectivity index (χ1n) is 20.7. The predicted octanol–water partition coefficient (Wildman–Crippen LogP) is 16.8. The topological polar surface area (TPSA) is 29.5 Å². The van der Waals surface area contributed by atoms with E-state index in [9.17, 15) is 0 Å². The lowest BCUT2D eigenvalue weighted by molar-refractivity contribution is 0.669. The minimum absolute atomic E-state index is 0.840. The number of furan rings is 2. The lowest BCUT2D eigenvalue weighted by Gasteiger charge is -2.28. The Morgan fingerprint density at radius 3 is 1.46 bits per heavy atom. The number of hydrogen-bond acceptors (Lipinski definition) is 3. The molecule has 0 aliphatic rings. The molecule has 10 aromatic carbocycles. The fourth-order valence-electron chi connectivity index (χ4n) is 9.05. The Labute approximate surface area is 353 Å². The molecule has 2 aromatic heterocycles. The zero-order valence-corrected chi connectivity index (χ0v) is 33.1. The number of nitrogens with zero attached hydrogens (tertiary/aromatic N) is 1. The van der Waals surface area contributed by atoms with Crippen molar-refractivity contribution in [1.29, 1.82) is 0 Å². The van der Waals surface area contributed by atoms with Crippen molar-refractivity contribution in [3.63, 3.8) is 0 Å². The summed E-state index contributed by atoms with van der Waals surface area (Å²) in [5.74, 6) is 0. The lowest BCUT2D eigenvalue weighted by atomic mass is 9.97. The van der Waals surface area contributed by atoms with E-state index in [0.29, 0.717) is 0 Å².